The van der Waals surface area contributed by atoms with E-state index in [0.29, 0.717) is 0 Å². The maximum atomic E-state index is 3.98. The zero-order valence-electron chi connectivity index (χ0n) is 4.53. The lowest BCUT2D eigenvalue weighted by Crippen LogP contribution is -1.72. The van der Waals surface area contributed by atoms with Crippen LogP contribution in [-0.2, 0) is 0 Å². The molecule has 0 unspecified atom stereocenters. The summed E-state index contributed by atoms with van der Waals surface area (Å²) in [5.74, 6) is 0. The van der Waals surface area contributed by atoms with Crippen LogP contribution < -0.4 is 0 Å². The fraction of sp³-hybridized carbons (Fsp3) is 0. The van der Waals surface area contributed by atoms with E-state index in [1.165, 1.54) is 6.33 Å². The number of nitrogens with zero attached hydrogens (tertiary/aromatic N) is 2. The SMILES string of the molecule is [c]1csc2cncnc12. The fourth-order valence-corrected chi connectivity index (χ4v) is 1.30. The van der Waals surface area contributed by atoms with Crippen LogP contribution in [0.25, 0.3) is 10.2 Å². The number of fused-ring (bicyclic) bond motifs is 1. The molecule has 1 radical (unpaired) electrons. The first kappa shape index (κ1) is 4.88. The molecule has 43 valence electrons. The number of hydrogen-bond donors (Lipinski definition) is 0. The molecule has 0 aliphatic rings. The highest BCUT2D eigenvalue weighted by Gasteiger charge is 1.91. The first-order valence-electron chi connectivity index (χ1n) is 2.52. The highest BCUT2D eigenvalue weighted by Crippen LogP contribution is 2.14. The van der Waals surface area contributed by atoms with Gasteiger partial charge < -0.3 is 0 Å². The third-order valence-electron chi connectivity index (χ3n) is 1.06. The van der Waals surface area contributed by atoms with Crippen molar-refractivity contribution >= 4 is 21.6 Å². The number of rotatable bonds is 0. The van der Waals surface area contributed by atoms with Gasteiger partial charge in [0.2, 0.25) is 0 Å². The van der Waals surface area contributed by atoms with Crippen molar-refractivity contribution in [2.75, 3.05) is 0 Å². The smallest absolute Gasteiger partial charge is 0.116 e. The van der Waals surface area contributed by atoms with Gasteiger partial charge in [-0.2, -0.15) is 0 Å². The average Bonchev–Trinajstić information content (AvgIpc) is 2.33. The Balaban J connectivity index is 2.95. The van der Waals surface area contributed by atoms with Crippen LogP contribution >= 0.6 is 11.3 Å². The Bertz CT molecular complexity index is 285. The lowest BCUT2D eigenvalue weighted by Gasteiger charge is -1.80. The molecule has 0 saturated carbocycles. The molecule has 0 bridgehead atoms. The molecule has 0 atom stereocenters. The second kappa shape index (κ2) is 1.77. The first-order valence-corrected chi connectivity index (χ1v) is 3.40. The predicted molar refractivity (Wildman–Crippen MR) is 36.3 cm³/mol. The van der Waals surface area contributed by atoms with Gasteiger partial charge in [-0.1, -0.05) is 0 Å². The first-order chi connectivity index (χ1) is 4.47. The van der Waals surface area contributed by atoms with E-state index in [4.69, 9.17) is 0 Å². The van der Waals surface area contributed by atoms with E-state index >= 15 is 0 Å². The average molecular weight is 135 g/mol. The summed E-state index contributed by atoms with van der Waals surface area (Å²) in [4.78, 5) is 7.85. The molecule has 9 heavy (non-hydrogen) atoms. The van der Waals surface area contributed by atoms with Crippen molar-refractivity contribution in [2.45, 2.75) is 0 Å². The van der Waals surface area contributed by atoms with E-state index in [-0.39, 0.29) is 0 Å². The summed E-state index contributed by atoms with van der Waals surface area (Å²) in [6.07, 6.45) is 3.33. The largest absolute Gasteiger partial charge is 0.243 e. The van der Waals surface area contributed by atoms with Gasteiger partial charge in [-0.15, -0.1) is 11.3 Å². The van der Waals surface area contributed by atoms with Gasteiger partial charge in [-0.05, 0) is 0 Å². The zero-order chi connectivity index (χ0) is 6.10. The predicted octanol–water partition coefficient (Wildman–Crippen LogP) is 1.49. The fourth-order valence-electron chi connectivity index (χ4n) is 0.660. The summed E-state index contributed by atoms with van der Waals surface area (Å²) in [6.45, 7) is 0. The molecule has 2 nitrogen and oxygen atoms in total. The van der Waals surface area contributed by atoms with E-state index in [0.717, 1.165) is 10.2 Å². The van der Waals surface area contributed by atoms with Crippen LogP contribution in [0, 0.1) is 6.07 Å². The summed E-state index contributed by atoms with van der Waals surface area (Å²) in [6, 6.07) is 2.99. The highest BCUT2D eigenvalue weighted by molar-refractivity contribution is 7.17. The van der Waals surface area contributed by atoms with Crippen molar-refractivity contribution in [3.05, 3.63) is 24.0 Å². The molecule has 3 heteroatoms. The van der Waals surface area contributed by atoms with Gasteiger partial charge in [0, 0.05) is 17.6 Å². The molecule has 0 aromatic carbocycles. The molecule has 0 N–H and O–H groups in total. The Hall–Kier alpha value is -0.960. The third-order valence-corrected chi connectivity index (χ3v) is 1.85. The minimum Gasteiger partial charge on any atom is -0.243 e. The van der Waals surface area contributed by atoms with Gasteiger partial charge in [-0.25, -0.2) is 9.97 Å². The van der Waals surface area contributed by atoms with Crippen LogP contribution in [0.4, 0.5) is 0 Å². The van der Waals surface area contributed by atoms with Crippen molar-refractivity contribution in [3.63, 3.8) is 0 Å². The van der Waals surface area contributed by atoms with Crippen molar-refractivity contribution in [2.24, 2.45) is 0 Å². The van der Waals surface area contributed by atoms with E-state index in [9.17, 15) is 0 Å². The molecule has 0 saturated heterocycles. The second-order valence-electron chi connectivity index (χ2n) is 1.62. The van der Waals surface area contributed by atoms with Crippen molar-refractivity contribution in [1.82, 2.24) is 9.97 Å². The molecule has 2 aromatic heterocycles. The maximum absolute atomic E-state index is 3.98. The molecule has 2 aromatic rings. The van der Waals surface area contributed by atoms with Gasteiger partial charge in [0.15, 0.2) is 0 Å². The standard InChI is InChI=1S/C6H3N2S/c1-2-9-6-3-7-4-8-5(1)6/h2-4H. The lowest BCUT2D eigenvalue weighted by molar-refractivity contribution is 1.23. The van der Waals surface area contributed by atoms with Crippen molar-refractivity contribution < 1.29 is 0 Å². The second-order valence-corrected chi connectivity index (χ2v) is 2.53. The van der Waals surface area contributed by atoms with Gasteiger partial charge in [0.1, 0.15) is 6.33 Å². The Morgan fingerprint density at radius 2 is 2.56 bits per heavy atom. The Kier molecular flexibility index (Phi) is 0.960. The van der Waals surface area contributed by atoms with Crippen LogP contribution in [-0.4, -0.2) is 9.97 Å². The molecule has 2 rings (SSSR count). The van der Waals surface area contributed by atoms with E-state index < -0.39 is 0 Å². The maximum Gasteiger partial charge on any atom is 0.116 e. The minimum atomic E-state index is 0.912. The molecule has 0 aliphatic carbocycles. The lowest BCUT2D eigenvalue weighted by atomic mass is 10.5. The Morgan fingerprint density at radius 3 is 3.44 bits per heavy atom. The Morgan fingerprint density at radius 1 is 1.56 bits per heavy atom. The monoisotopic (exact) mass is 135 g/mol. The summed E-state index contributed by atoms with van der Waals surface area (Å²) in [5.41, 5.74) is 0.912. The molecule has 2 heterocycles. The molecule has 0 spiro atoms. The number of thiophene rings is 1. The topological polar surface area (TPSA) is 25.8 Å². The number of aromatic nitrogens is 2. The van der Waals surface area contributed by atoms with E-state index in [2.05, 4.69) is 16.0 Å². The van der Waals surface area contributed by atoms with E-state index in [1.807, 2.05) is 5.38 Å². The molecule has 0 fully saturated rings. The van der Waals surface area contributed by atoms with Crippen LogP contribution in [0.1, 0.15) is 0 Å². The zero-order valence-corrected chi connectivity index (χ0v) is 5.35. The minimum absolute atomic E-state index is 0.912. The van der Waals surface area contributed by atoms with Gasteiger partial charge in [-0.3, -0.25) is 0 Å². The quantitative estimate of drug-likeness (QED) is 0.547. The van der Waals surface area contributed by atoms with Crippen molar-refractivity contribution in [3.8, 4) is 0 Å². The van der Waals surface area contributed by atoms with Gasteiger partial charge in [0.25, 0.3) is 0 Å². The van der Waals surface area contributed by atoms with Crippen LogP contribution in [0.5, 0.6) is 0 Å². The molecule has 0 aliphatic heterocycles. The van der Waals surface area contributed by atoms with Gasteiger partial charge in [0.05, 0.1) is 10.2 Å². The highest BCUT2D eigenvalue weighted by atomic mass is 32.1. The van der Waals surface area contributed by atoms with Crippen LogP contribution in [0.2, 0.25) is 0 Å². The summed E-state index contributed by atoms with van der Waals surface area (Å²) in [5, 5.41) is 1.89. The molecular weight excluding hydrogens is 132 g/mol. The van der Waals surface area contributed by atoms with E-state index in [1.54, 1.807) is 17.5 Å². The summed E-state index contributed by atoms with van der Waals surface area (Å²) in [7, 11) is 0. The third kappa shape index (κ3) is 0.695. The summed E-state index contributed by atoms with van der Waals surface area (Å²) < 4.78 is 1.09. The Labute approximate surface area is 56.2 Å². The number of hydrogen-bond acceptors (Lipinski definition) is 3. The molecule has 0 amide bonds. The molecular formula is C6H3N2S. The van der Waals surface area contributed by atoms with Crippen molar-refractivity contribution in [1.29, 1.82) is 0 Å². The normalized spacial score (nSPS) is 10.2. The van der Waals surface area contributed by atoms with Gasteiger partial charge >= 0.3 is 0 Å². The van der Waals surface area contributed by atoms with Crippen LogP contribution in [0.3, 0.4) is 0 Å². The van der Waals surface area contributed by atoms with Crippen LogP contribution in [0.15, 0.2) is 17.9 Å². The summed E-state index contributed by atoms with van der Waals surface area (Å²) >= 11 is 1.61.